The molecule has 0 amide bonds. The lowest BCUT2D eigenvalue weighted by molar-refractivity contribution is 0.312. The first kappa shape index (κ1) is 9.09. The van der Waals surface area contributed by atoms with E-state index in [4.69, 9.17) is 0 Å². The maximum Gasteiger partial charge on any atom is -0.0363 e. The monoisotopic (exact) mass is 154 g/mol. The van der Waals surface area contributed by atoms with Gasteiger partial charge in [-0.05, 0) is 36.5 Å². The van der Waals surface area contributed by atoms with E-state index < -0.39 is 0 Å². The standard InChI is InChI=1S/C11H22/c1-5-10-6-9(4)11(7-10)8(2)3/h8-11H,5-7H2,1-4H3. The van der Waals surface area contributed by atoms with E-state index in [1.54, 1.807) is 0 Å². The van der Waals surface area contributed by atoms with Gasteiger partial charge in [-0.1, -0.05) is 34.1 Å². The van der Waals surface area contributed by atoms with Crippen LogP contribution in [0.2, 0.25) is 0 Å². The molecule has 1 saturated carbocycles. The maximum atomic E-state index is 2.43. The average Bonchev–Trinajstić information content (AvgIpc) is 2.30. The minimum Gasteiger partial charge on any atom is -0.0651 e. The normalized spacial score (nSPS) is 38.5. The molecule has 0 aliphatic heterocycles. The fourth-order valence-corrected chi connectivity index (χ4v) is 2.68. The second kappa shape index (κ2) is 3.60. The van der Waals surface area contributed by atoms with Gasteiger partial charge in [0.05, 0.1) is 0 Å². The van der Waals surface area contributed by atoms with E-state index >= 15 is 0 Å². The Kier molecular flexibility index (Phi) is 2.98. The molecular formula is C11H22. The minimum atomic E-state index is 0.904. The van der Waals surface area contributed by atoms with Crippen molar-refractivity contribution >= 4 is 0 Å². The Morgan fingerprint density at radius 3 is 2.18 bits per heavy atom. The van der Waals surface area contributed by atoms with E-state index in [2.05, 4.69) is 27.7 Å². The summed E-state index contributed by atoms with van der Waals surface area (Å²) < 4.78 is 0. The Morgan fingerprint density at radius 1 is 1.27 bits per heavy atom. The van der Waals surface area contributed by atoms with Crippen LogP contribution in [0.4, 0.5) is 0 Å². The molecule has 0 heteroatoms. The first-order chi connectivity index (χ1) is 5.15. The Labute approximate surface area is 71.4 Å². The van der Waals surface area contributed by atoms with E-state index in [1.807, 2.05) is 0 Å². The highest BCUT2D eigenvalue weighted by molar-refractivity contribution is 4.81. The second-order valence-corrected chi connectivity index (χ2v) is 4.63. The summed E-state index contributed by atoms with van der Waals surface area (Å²) in [5.74, 6) is 3.94. The van der Waals surface area contributed by atoms with E-state index in [0.717, 1.165) is 23.7 Å². The van der Waals surface area contributed by atoms with Crippen LogP contribution < -0.4 is 0 Å². The SMILES string of the molecule is CCC1CC(C)C(C(C)C)C1. The molecule has 0 nitrogen and oxygen atoms in total. The number of hydrogen-bond donors (Lipinski definition) is 0. The van der Waals surface area contributed by atoms with Crippen molar-refractivity contribution in [2.75, 3.05) is 0 Å². The van der Waals surface area contributed by atoms with E-state index in [0.29, 0.717) is 0 Å². The average molecular weight is 154 g/mol. The summed E-state index contributed by atoms with van der Waals surface area (Å²) in [5.41, 5.74) is 0. The largest absolute Gasteiger partial charge is 0.0651 e. The summed E-state index contributed by atoms with van der Waals surface area (Å²) in [5, 5.41) is 0. The summed E-state index contributed by atoms with van der Waals surface area (Å²) in [6.07, 6.45) is 4.38. The predicted molar refractivity (Wildman–Crippen MR) is 50.5 cm³/mol. The molecule has 1 rings (SSSR count). The molecule has 1 fully saturated rings. The van der Waals surface area contributed by atoms with Crippen LogP contribution in [0.25, 0.3) is 0 Å². The summed E-state index contributed by atoms with van der Waals surface area (Å²) in [6, 6.07) is 0. The van der Waals surface area contributed by atoms with Gasteiger partial charge in [0.25, 0.3) is 0 Å². The van der Waals surface area contributed by atoms with Gasteiger partial charge in [-0.2, -0.15) is 0 Å². The topological polar surface area (TPSA) is 0 Å². The molecule has 1 aliphatic rings. The Bertz CT molecular complexity index is 115. The first-order valence-electron chi connectivity index (χ1n) is 5.15. The van der Waals surface area contributed by atoms with Gasteiger partial charge in [0.15, 0.2) is 0 Å². The van der Waals surface area contributed by atoms with Crippen molar-refractivity contribution in [2.45, 2.75) is 47.0 Å². The summed E-state index contributed by atoms with van der Waals surface area (Å²) >= 11 is 0. The van der Waals surface area contributed by atoms with Crippen LogP contribution in [0, 0.1) is 23.7 Å². The molecule has 0 saturated heterocycles. The van der Waals surface area contributed by atoms with Crippen LogP contribution in [0.1, 0.15) is 47.0 Å². The van der Waals surface area contributed by atoms with Crippen LogP contribution >= 0.6 is 0 Å². The van der Waals surface area contributed by atoms with Crippen LogP contribution in [0.5, 0.6) is 0 Å². The van der Waals surface area contributed by atoms with Crippen molar-refractivity contribution in [1.29, 1.82) is 0 Å². The molecule has 0 aromatic carbocycles. The van der Waals surface area contributed by atoms with Gasteiger partial charge in [-0.15, -0.1) is 0 Å². The minimum absolute atomic E-state index is 0.904. The fourth-order valence-electron chi connectivity index (χ4n) is 2.68. The highest BCUT2D eigenvalue weighted by atomic mass is 14.4. The Balaban J connectivity index is 2.45. The van der Waals surface area contributed by atoms with Crippen molar-refractivity contribution in [2.24, 2.45) is 23.7 Å². The van der Waals surface area contributed by atoms with Crippen LogP contribution in [-0.2, 0) is 0 Å². The van der Waals surface area contributed by atoms with E-state index in [9.17, 15) is 0 Å². The summed E-state index contributed by atoms with van der Waals surface area (Å²) in [4.78, 5) is 0. The second-order valence-electron chi connectivity index (χ2n) is 4.63. The van der Waals surface area contributed by atoms with E-state index in [1.165, 1.54) is 19.3 Å². The molecule has 0 N–H and O–H groups in total. The van der Waals surface area contributed by atoms with Gasteiger partial charge in [-0.25, -0.2) is 0 Å². The molecule has 66 valence electrons. The lowest BCUT2D eigenvalue weighted by atomic mass is 9.87. The summed E-state index contributed by atoms with van der Waals surface area (Å²) in [6.45, 7) is 9.51. The zero-order valence-corrected chi connectivity index (χ0v) is 8.43. The molecule has 0 aromatic heterocycles. The molecule has 0 heterocycles. The van der Waals surface area contributed by atoms with Gasteiger partial charge < -0.3 is 0 Å². The molecule has 0 radical (unpaired) electrons. The van der Waals surface area contributed by atoms with Crippen LogP contribution in [-0.4, -0.2) is 0 Å². The summed E-state index contributed by atoms with van der Waals surface area (Å²) in [7, 11) is 0. The number of hydrogen-bond acceptors (Lipinski definition) is 0. The molecule has 1 aliphatic carbocycles. The molecule has 0 bridgehead atoms. The number of rotatable bonds is 2. The lowest BCUT2D eigenvalue weighted by Gasteiger charge is -2.18. The van der Waals surface area contributed by atoms with Crippen LogP contribution in [0.3, 0.4) is 0 Å². The van der Waals surface area contributed by atoms with Gasteiger partial charge in [0.1, 0.15) is 0 Å². The zero-order chi connectivity index (χ0) is 8.43. The van der Waals surface area contributed by atoms with Gasteiger partial charge in [-0.3, -0.25) is 0 Å². The Morgan fingerprint density at radius 2 is 1.91 bits per heavy atom. The fraction of sp³-hybridized carbons (Fsp3) is 1.00. The lowest BCUT2D eigenvalue weighted by Crippen LogP contribution is -2.10. The van der Waals surface area contributed by atoms with Crippen molar-refractivity contribution in [3.8, 4) is 0 Å². The third-order valence-electron chi connectivity index (χ3n) is 3.48. The van der Waals surface area contributed by atoms with Crippen LogP contribution in [0.15, 0.2) is 0 Å². The Hall–Kier alpha value is 0. The highest BCUT2D eigenvalue weighted by Crippen LogP contribution is 2.41. The van der Waals surface area contributed by atoms with Gasteiger partial charge in [0.2, 0.25) is 0 Å². The van der Waals surface area contributed by atoms with Crippen molar-refractivity contribution in [3.63, 3.8) is 0 Å². The van der Waals surface area contributed by atoms with E-state index in [-0.39, 0.29) is 0 Å². The smallest absolute Gasteiger partial charge is 0.0363 e. The zero-order valence-electron chi connectivity index (χ0n) is 8.43. The van der Waals surface area contributed by atoms with Gasteiger partial charge >= 0.3 is 0 Å². The quantitative estimate of drug-likeness (QED) is 0.568. The first-order valence-corrected chi connectivity index (χ1v) is 5.15. The molecule has 3 unspecified atom stereocenters. The molecular weight excluding hydrogens is 132 g/mol. The van der Waals surface area contributed by atoms with Crippen molar-refractivity contribution in [1.82, 2.24) is 0 Å². The third-order valence-corrected chi connectivity index (χ3v) is 3.48. The highest BCUT2D eigenvalue weighted by Gasteiger charge is 2.31. The molecule has 0 aromatic rings. The molecule has 11 heavy (non-hydrogen) atoms. The molecule has 0 spiro atoms. The third kappa shape index (κ3) is 1.98. The predicted octanol–water partition coefficient (Wildman–Crippen LogP) is 3.71. The van der Waals surface area contributed by atoms with Crippen molar-refractivity contribution < 1.29 is 0 Å². The van der Waals surface area contributed by atoms with Gasteiger partial charge in [0, 0.05) is 0 Å². The maximum absolute atomic E-state index is 2.43. The molecule has 3 atom stereocenters. The van der Waals surface area contributed by atoms with Crippen molar-refractivity contribution in [3.05, 3.63) is 0 Å².